The SMILES string of the molecule is Cc1ccccc1CN(C)C(=O)CSc1nnc(-c2ccncc2)n1-c1ccccc1C. The van der Waals surface area contributed by atoms with E-state index >= 15 is 0 Å². The number of pyridine rings is 1. The number of amides is 1. The first-order chi connectivity index (χ1) is 15.5. The normalized spacial score (nSPS) is 10.8. The molecule has 0 radical (unpaired) electrons. The van der Waals surface area contributed by atoms with E-state index in [0.717, 1.165) is 28.2 Å². The van der Waals surface area contributed by atoms with Gasteiger partial charge in [-0.05, 0) is 48.7 Å². The Bertz CT molecular complexity index is 1220. The van der Waals surface area contributed by atoms with Crippen molar-refractivity contribution in [2.24, 2.45) is 0 Å². The monoisotopic (exact) mass is 443 g/mol. The Labute approximate surface area is 192 Å². The second-order valence-corrected chi connectivity index (χ2v) is 8.57. The van der Waals surface area contributed by atoms with Crippen molar-refractivity contribution in [2.75, 3.05) is 12.8 Å². The molecule has 0 aliphatic rings. The second kappa shape index (κ2) is 9.78. The van der Waals surface area contributed by atoms with Gasteiger partial charge in [-0.15, -0.1) is 10.2 Å². The van der Waals surface area contributed by atoms with Crippen molar-refractivity contribution in [1.82, 2.24) is 24.6 Å². The molecule has 4 rings (SSSR count). The zero-order chi connectivity index (χ0) is 22.5. The van der Waals surface area contributed by atoms with E-state index in [1.54, 1.807) is 17.3 Å². The molecule has 1 amide bonds. The average molecular weight is 444 g/mol. The molecule has 0 saturated carbocycles. The number of para-hydroxylation sites is 1. The molecule has 32 heavy (non-hydrogen) atoms. The minimum atomic E-state index is 0.0445. The summed E-state index contributed by atoms with van der Waals surface area (Å²) in [6, 6.07) is 20.1. The number of aryl methyl sites for hydroxylation is 2. The number of nitrogens with zero attached hydrogens (tertiary/aromatic N) is 5. The summed E-state index contributed by atoms with van der Waals surface area (Å²) >= 11 is 1.40. The Morgan fingerprint density at radius 2 is 1.62 bits per heavy atom. The van der Waals surface area contributed by atoms with E-state index in [0.29, 0.717) is 11.7 Å². The van der Waals surface area contributed by atoms with Gasteiger partial charge in [0.15, 0.2) is 11.0 Å². The molecule has 0 aliphatic heterocycles. The lowest BCUT2D eigenvalue weighted by molar-refractivity contribution is -0.127. The van der Waals surface area contributed by atoms with Gasteiger partial charge in [-0.1, -0.05) is 54.2 Å². The molecule has 4 aromatic rings. The Morgan fingerprint density at radius 3 is 2.34 bits per heavy atom. The summed E-state index contributed by atoms with van der Waals surface area (Å²) in [5, 5.41) is 9.55. The summed E-state index contributed by atoms with van der Waals surface area (Å²) in [6.07, 6.45) is 3.48. The third kappa shape index (κ3) is 4.73. The second-order valence-electron chi connectivity index (χ2n) is 7.63. The highest BCUT2D eigenvalue weighted by molar-refractivity contribution is 7.99. The van der Waals surface area contributed by atoms with E-state index in [-0.39, 0.29) is 11.7 Å². The minimum Gasteiger partial charge on any atom is -0.341 e. The summed E-state index contributed by atoms with van der Waals surface area (Å²) in [5.41, 5.74) is 5.35. The maximum absolute atomic E-state index is 12.9. The van der Waals surface area contributed by atoms with E-state index < -0.39 is 0 Å². The molecule has 0 unspecified atom stereocenters. The third-order valence-electron chi connectivity index (χ3n) is 5.35. The van der Waals surface area contributed by atoms with Crippen LogP contribution in [0, 0.1) is 13.8 Å². The highest BCUT2D eigenvalue weighted by atomic mass is 32.2. The van der Waals surface area contributed by atoms with E-state index in [4.69, 9.17) is 0 Å². The van der Waals surface area contributed by atoms with Crippen molar-refractivity contribution >= 4 is 17.7 Å². The van der Waals surface area contributed by atoms with Crippen molar-refractivity contribution in [3.05, 3.63) is 89.7 Å². The summed E-state index contributed by atoms with van der Waals surface area (Å²) < 4.78 is 2.02. The summed E-state index contributed by atoms with van der Waals surface area (Å²) in [5.74, 6) is 1.05. The fourth-order valence-electron chi connectivity index (χ4n) is 3.45. The first kappa shape index (κ1) is 21.8. The lowest BCUT2D eigenvalue weighted by Gasteiger charge is -2.18. The lowest BCUT2D eigenvalue weighted by Crippen LogP contribution is -2.28. The first-order valence-electron chi connectivity index (χ1n) is 10.4. The molecule has 2 heterocycles. The maximum atomic E-state index is 12.9. The Kier molecular flexibility index (Phi) is 6.66. The summed E-state index contributed by atoms with van der Waals surface area (Å²) in [7, 11) is 1.84. The predicted octanol–water partition coefficient (Wildman–Crippen LogP) is 4.70. The molecule has 162 valence electrons. The number of carbonyl (C=O) groups excluding carboxylic acids is 1. The largest absolute Gasteiger partial charge is 0.341 e. The van der Waals surface area contributed by atoms with Crippen LogP contribution in [0.15, 0.2) is 78.2 Å². The number of rotatable bonds is 7. The van der Waals surface area contributed by atoms with Crippen LogP contribution in [0.3, 0.4) is 0 Å². The van der Waals surface area contributed by atoms with Gasteiger partial charge in [-0.25, -0.2) is 0 Å². The smallest absolute Gasteiger partial charge is 0.233 e. The predicted molar refractivity (Wildman–Crippen MR) is 128 cm³/mol. The molecular formula is C25H25N5OS. The van der Waals surface area contributed by atoms with Gasteiger partial charge in [0.2, 0.25) is 5.91 Å². The molecule has 0 saturated heterocycles. The number of benzene rings is 2. The van der Waals surface area contributed by atoms with Gasteiger partial charge in [0.25, 0.3) is 0 Å². The van der Waals surface area contributed by atoms with E-state index in [1.165, 1.54) is 17.3 Å². The van der Waals surface area contributed by atoms with Gasteiger partial charge < -0.3 is 4.90 Å². The van der Waals surface area contributed by atoms with Crippen molar-refractivity contribution in [1.29, 1.82) is 0 Å². The van der Waals surface area contributed by atoms with Crippen LogP contribution in [0.5, 0.6) is 0 Å². The van der Waals surface area contributed by atoms with Crippen molar-refractivity contribution in [3.63, 3.8) is 0 Å². The minimum absolute atomic E-state index is 0.0445. The number of carbonyl (C=O) groups is 1. The van der Waals surface area contributed by atoms with Gasteiger partial charge in [-0.3, -0.25) is 14.3 Å². The van der Waals surface area contributed by atoms with Crippen LogP contribution in [0.25, 0.3) is 17.1 Å². The zero-order valence-electron chi connectivity index (χ0n) is 18.4. The molecule has 0 aliphatic carbocycles. The summed E-state index contributed by atoms with van der Waals surface area (Å²) in [4.78, 5) is 18.7. The number of hydrogen-bond donors (Lipinski definition) is 0. The van der Waals surface area contributed by atoms with Crippen LogP contribution in [0.1, 0.15) is 16.7 Å². The first-order valence-corrected chi connectivity index (χ1v) is 11.4. The van der Waals surface area contributed by atoms with E-state index in [1.807, 2.05) is 54.1 Å². The Morgan fingerprint density at radius 1 is 0.938 bits per heavy atom. The number of hydrogen-bond acceptors (Lipinski definition) is 5. The van der Waals surface area contributed by atoms with Crippen molar-refractivity contribution < 1.29 is 4.79 Å². The third-order valence-corrected chi connectivity index (χ3v) is 6.26. The van der Waals surface area contributed by atoms with E-state index in [2.05, 4.69) is 47.2 Å². The fraction of sp³-hybridized carbons (Fsp3) is 0.200. The molecule has 0 atom stereocenters. The summed E-state index contributed by atoms with van der Waals surface area (Å²) in [6.45, 7) is 4.70. The van der Waals surface area contributed by atoms with Crippen LogP contribution in [0.2, 0.25) is 0 Å². The van der Waals surface area contributed by atoms with Gasteiger partial charge in [-0.2, -0.15) is 0 Å². The molecule has 0 spiro atoms. The molecule has 6 nitrogen and oxygen atoms in total. The van der Waals surface area contributed by atoms with Crippen molar-refractivity contribution in [2.45, 2.75) is 25.5 Å². The highest BCUT2D eigenvalue weighted by Crippen LogP contribution is 2.29. The quantitative estimate of drug-likeness (QED) is 0.388. The Balaban J connectivity index is 1.57. The molecule has 0 N–H and O–H groups in total. The van der Waals surface area contributed by atoms with Crippen LogP contribution < -0.4 is 0 Å². The fourth-order valence-corrected chi connectivity index (χ4v) is 4.34. The average Bonchev–Trinajstić information content (AvgIpc) is 3.23. The van der Waals surface area contributed by atoms with Crippen LogP contribution >= 0.6 is 11.8 Å². The van der Waals surface area contributed by atoms with Gasteiger partial charge in [0.05, 0.1) is 11.4 Å². The van der Waals surface area contributed by atoms with Gasteiger partial charge in [0, 0.05) is 31.5 Å². The van der Waals surface area contributed by atoms with Gasteiger partial charge in [0.1, 0.15) is 0 Å². The standard InChI is InChI=1S/C25H25N5OS/c1-18-8-4-6-10-21(18)16-29(3)23(31)17-32-25-28-27-24(20-12-14-26-15-13-20)30(25)22-11-7-5-9-19(22)2/h4-15H,16-17H2,1-3H3. The van der Waals surface area contributed by atoms with Crippen LogP contribution in [-0.4, -0.2) is 43.4 Å². The number of thioether (sulfide) groups is 1. The Hall–Kier alpha value is -3.45. The molecule has 2 aromatic heterocycles. The van der Waals surface area contributed by atoms with Crippen LogP contribution in [-0.2, 0) is 11.3 Å². The molecule has 7 heteroatoms. The molecule has 0 fully saturated rings. The van der Waals surface area contributed by atoms with Crippen LogP contribution in [0.4, 0.5) is 0 Å². The molecule has 0 bridgehead atoms. The zero-order valence-corrected chi connectivity index (χ0v) is 19.2. The molecular weight excluding hydrogens is 418 g/mol. The topological polar surface area (TPSA) is 63.9 Å². The van der Waals surface area contributed by atoms with E-state index in [9.17, 15) is 4.79 Å². The van der Waals surface area contributed by atoms with Gasteiger partial charge >= 0.3 is 0 Å². The number of aromatic nitrogens is 4. The highest BCUT2D eigenvalue weighted by Gasteiger charge is 2.19. The van der Waals surface area contributed by atoms with Crippen molar-refractivity contribution in [3.8, 4) is 17.1 Å². The molecule has 2 aromatic carbocycles. The maximum Gasteiger partial charge on any atom is 0.233 e. The lowest BCUT2D eigenvalue weighted by atomic mass is 10.1.